The Hall–Kier alpha value is -2.67. The van der Waals surface area contributed by atoms with Crippen molar-refractivity contribution in [2.24, 2.45) is 0 Å². The Morgan fingerprint density at radius 2 is 1.72 bits per heavy atom. The Kier molecular flexibility index (Phi) is 4.85. The molecule has 25 heavy (non-hydrogen) atoms. The van der Waals surface area contributed by atoms with E-state index in [-0.39, 0.29) is 12.5 Å². The van der Waals surface area contributed by atoms with Crippen LogP contribution in [0.25, 0.3) is 10.8 Å². The molecule has 1 N–H and O–H groups in total. The van der Waals surface area contributed by atoms with Gasteiger partial charge in [-0.2, -0.15) is 0 Å². The van der Waals surface area contributed by atoms with Crippen LogP contribution in [-0.4, -0.2) is 27.6 Å². The van der Waals surface area contributed by atoms with Gasteiger partial charge in [0.1, 0.15) is 6.54 Å². The second-order valence-electron chi connectivity index (χ2n) is 5.72. The minimum absolute atomic E-state index is 0.222. The Morgan fingerprint density at radius 3 is 2.44 bits per heavy atom. The van der Waals surface area contributed by atoms with Gasteiger partial charge in [0.15, 0.2) is 0 Å². The number of carbonyl (C=O) groups excluding carboxylic acids is 1. The van der Waals surface area contributed by atoms with Gasteiger partial charge < -0.3 is 4.90 Å². The molecule has 0 saturated carbocycles. The summed E-state index contributed by atoms with van der Waals surface area (Å²) < 4.78 is 1.97. The molecule has 7 heteroatoms. The van der Waals surface area contributed by atoms with Crippen LogP contribution in [-0.2, 0) is 17.9 Å². The van der Waals surface area contributed by atoms with Crippen LogP contribution >= 0.6 is 15.9 Å². The van der Waals surface area contributed by atoms with Crippen LogP contribution in [0.1, 0.15) is 5.56 Å². The minimum Gasteiger partial charge on any atom is -0.340 e. The number of carbonyl (C=O) groups is 1. The van der Waals surface area contributed by atoms with Gasteiger partial charge in [-0.3, -0.25) is 19.5 Å². The van der Waals surface area contributed by atoms with E-state index in [0.29, 0.717) is 17.3 Å². The molecule has 0 atom stereocenters. The van der Waals surface area contributed by atoms with Crippen LogP contribution in [0.15, 0.2) is 62.6 Å². The van der Waals surface area contributed by atoms with Gasteiger partial charge in [-0.1, -0.05) is 46.3 Å². The highest BCUT2D eigenvalue weighted by atomic mass is 79.9. The summed E-state index contributed by atoms with van der Waals surface area (Å²) in [6.07, 6.45) is 0. The van der Waals surface area contributed by atoms with Gasteiger partial charge in [-0.05, 0) is 23.8 Å². The fourth-order valence-electron chi connectivity index (χ4n) is 2.58. The molecule has 0 aliphatic heterocycles. The molecule has 0 radical (unpaired) electrons. The van der Waals surface area contributed by atoms with Crippen LogP contribution in [0, 0.1) is 0 Å². The summed E-state index contributed by atoms with van der Waals surface area (Å²) in [4.78, 5) is 38.5. The SMILES string of the molecule is CN(Cc1ccccc1Br)C(=O)Cn1[nH]c(=O)c2ccccc2c1=O. The average molecular weight is 402 g/mol. The zero-order valence-corrected chi connectivity index (χ0v) is 15.1. The number of fused-ring (bicyclic) bond motifs is 1. The Balaban J connectivity index is 1.85. The normalized spacial score (nSPS) is 10.8. The summed E-state index contributed by atoms with van der Waals surface area (Å²) in [6, 6.07) is 14.2. The first-order chi connectivity index (χ1) is 12.0. The van der Waals surface area contributed by atoms with Crippen LogP contribution < -0.4 is 11.1 Å². The maximum atomic E-state index is 12.5. The number of amides is 1. The number of rotatable bonds is 4. The number of aromatic nitrogens is 2. The fourth-order valence-corrected chi connectivity index (χ4v) is 2.99. The van der Waals surface area contributed by atoms with E-state index < -0.39 is 11.1 Å². The smallest absolute Gasteiger partial charge is 0.273 e. The molecule has 0 unspecified atom stereocenters. The van der Waals surface area contributed by atoms with Crippen molar-refractivity contribution in [3.05, 3.63) is 79.3 Å². The van der Waals surface area contributed by atoms with E-state index in [2.05, 4.69) is 21.0 Å². The molecule has 1 amide bonds. The first-order valence-electron chi connectivity index (χ1n) is 7.66. The van der Waals surface area contributed by atoms with Gasteiger partial charge in [-0.15, -0.1) is 0 Å². The second-order valence-corrected chi connectivity index (χ2v) is 6.57. The number of halogens is 1. The molecule has 3 aromatic rings. The molecule has 6 nitrogen and oxygen atoms in total. The van der Waals surface area contributed by atoms with Crippen molar-refractivity contribution in [1.82, 2.24) is 14.7 Å². The van der Waals surface area contributed by atoms with Gasteiger partial charge >= 0.3 is 0 Å². The number of hydrogen-bond donors (Lipinski definition) is 1. The Labute approximate surface area is 151 Å². The van der Waals surface area contributed by atoms with Crippen LogP contribution in [0.2, 0.25) is 0 Å². The summed E-state index contributed by atoms with van der Waals surface area (Å²) in [7, 11) is 1.66. The summed E-state index contributed by atoms with van der Waals surface area (Å²) in [5.41, 5.74) is 0.173. The first kappa shape index (κ1) is 17.2. The lowest BCUT2D eigenvalue weighted by Gasteiger charge is -2.18. The molecule has 3 rings (SSSR count). The van der Waals surface area contributed by atoms with E-state index >= 15 is 0 Å². The molecular formula is C18H16BrN3O3. The zero-order chi connectivity index (χ0) is 18.0. The van der Waals surface area contributed by atoms with Crippen LogP contribution in [0.5, 0.6) is 0 Å². The molecule has 0 aliphatic rings. The highest BCUT2D eigenvalue weighted by Crippen LogP contribution is 2.17. The highest BCUT2D eigenvalue weighted by Gasteiger charge is 2.14. The maximum absolute atomic E-state index is 12.5. The third-order valence-corrected chi connectivity index (χ3v) is 4.74. The number of aromatic amines is 1. The number of benzene rings is 2. The maximum Gasteiger partial charge on any atom is 0.273 e. The van der Waals surface area contributed by atoms with Crippen molar-refractivity contribution in [3.8, 4) is 0 Å². The average Bonchev–Trinajstić information content (AvgIpc) is 2.61. The molecule has 0 saturated heterocycles. The number of likely N-dealkylation sites (N-methyl/N-ethyl adjacent to an activating group) is 1. The van der Waals surface area contributed by atoms with Crippen molar-refractivity contribution in [3.63, 3.8) is 0 Å². The topological polar surface area (TPSA) is 75.2 Å². The molecule has 0 aliphatic carbocycles. The van der Waals surface area contributed by atoms with Gasteiger partial charge in [0, 0.05) is 18.1 Å². The molecule has 1 heterocycles. The van der Waals surface area contributed by atoms with Gasteiger partial charge in [0.25, 0.3) is 11.1 Å². The quantitative estimate of drug-likeness (QED) is 0.727. The zero-order valence-electron chi connectivity index (χ0n) is 13.5. The second kappa shape index (κ2) is 7.06. The number of nitrogens with zero attached hydrogens (tertiary/aromatic N) is 2. The largest absolute Gasteiger partial charge is 0.340 e. The van der Waals surface area contributed by atoms with E-state index in [4.69, 9.17) is 0 Å². The van der Waals surface area contributed by atoms with Crippen molar-refractivity contribution >= 4 is 32.6 Å². The van der Waals surface area contributed by atoms with E-state index in [1.165, 1.54) is 4.90 Å². The van der Waals surface area contributed by atoms with Gasteiger partial charge in [0.2, 0.25) is 5.91 Å². The molecule has 0 bridgehead atoms. The van der Waals surface area contributed by atoms with Gasteiger partial charge in [0.05, 0.1) is 10.8 Å². The van der Waals surface area contributed by atoms with E-state index in [9.17, 15) is 14.4 Å². The fraction of sp³-hybridized carbons (Fsp3) is 0.167. The van der Waals surface area contributed by atoms with Crippen LogP contribution in [0.4, 0.5) is 0 Å². The monoisotopic (exact) mass is 401 g/mol. The summed E-state index contributed by atoms with van der Waals surface area (Å²) in [5, 5.41) is 3.09. The first-order valence-corrected chi connectivity index (χ1v) is 8.46. The Morgan fingerprint density at radius 1 is 1.08 bits per heavy atom. The molecule has 128 valence electrons. The standard InChI is InChI=1S/C18H16BrN3O3/c1-21(10-12-6-2-5-9-15(12)19)16(23)11-22-18(25)14-8-4-3-7-13(14)17(24)20-22/h2-9H,10-11H2,1H3,(H,20,24). The summed E-state index contributed by atoms with van der Waals surface area (Å²) in [5.74, 6) is -0.274. The number of H-pyrrole nitrogens is 1. The molecular weight excluding hydrogens is 386 g/mol. The highest BCUT2D eigenvalue weighted by molar-refractivity contribution is 9.10. The lowest BCUT2D eigenvalue weighted by Crippen LogP contribution is -2.37. The summed E-state index contributed by atoms with van der Waals surface area (Å²) in [6.45, 7) is 0.173. The minimum atomic E-state index is -0.392. The predicted octanol–water partition coefficient (Wildman–Crippen LogP) is 2.11. The molecule has 2 aromatic carbocycles. The van der Waals surface area contributed by atoms with E-state index in [1.54, 1.807) is 31.3 Å². The van der Waals surface area contributed by atoms with E-state index in [0.717, 1.165) is 14.7 Å². The molecule has 0 spiro atoms. The third-order valence-electron chi connectivity index (χ3n) is 3.97. The third kappa shape index (κ3) is 3.56. The van der Waals surface area contributed by atoms with Crippen molar-refractivity contribution in [2.75, 3.05) is 7.05 Å². The summed E-state index contributed by atoms with van der Waals surface area (Å²) >= 11 is 3.45. The molecule has 0 fully saturated rings. The van der Waals surface area contributed by atoms with Crippen molar-refractivity contribution < 1.29 is 4.79 Å². The number of nitrogens with one attached hydrogen (secondary N) is 1. The van der Waals surface area contributed by atoms with Gasteiger partial charge in [-0.25, -0.2) is 4.68 Å². The van der Waals surface area contributed by atoms with Crippen molar-refractivity contribution in [2.45, 2.75) is 13.1 Å². The number of hydrogen-bond acceptors (Lipinski definition) is 3. The lowest BCUT2D eigenvalue weighted by atomic mass is 10.2. The predicted molar refractivity (Wildman–Crippen MR) is 99.4 cm³/mol. The van der Waals surface area contributed by atoms with Crippen molar-refractivity contribution in [1.29, 1.82) is 0 Å². The Bertz CT molecular complexity index is 1060. The van der Waals surface area contributed by atoms with Crippen LogP contribution in [0.3, 0.4) is 0 Å². The van der Waals surface area contributed by atoms with E-state index in [1.807, 2.05) is 24.3 Å². The molecule has 1 aromatic heterocycles. The lowest BCUT2D eigenvalue weighted by molar-refractivity contribution is -0.131.